The zero-order valence-corrected chi connectivity index (χ0v) is 17.8. The van der Waals surface area contributed by atoms with Crippen LogP contribution in [0.5, 0.6) is 5.75 Å². The Kier molecular flexibility index (Phi) is 8.48. The predicted molar refractivity (Wildman–Crippen MR) is 110 cm³/mol. The van der Waals surface area contributed by atoms with Crippen LogP contribution in [0, 0.1) is 5.92 Å². The normalized spacial score (nSPS) is 14.8. The smallest absolute Gasteiger partial charge is 0.433 e. The predicted octanol–water partition coefficient (Wildman–Crippen LogP) is 5.36. The highest BCUT2D eigenvalue weighted by Crippen LogP contribution is 2.28. The minimum atomic E-state index is -1.08. The topological polar surface area (TPSA) is 68.1 Å². The molecule has 1 amide bonds. The second kappa shape index (κ2) is 9.88. The quantitative estimate of drug-likeness (QED) is 0.619. The van der Waals surface area contributed by atoms with Gasteiger partial charge >= 0.3 is 6.09 Å². The SMILES string of the molecule is CCC[C@@H](C)COc1ccc(C(/C=N/C(=O)OC(C)(C)C)C(C)(C)O)cc1. The third-order valence-electron chi connectivity index (χ3n) is 4.04. The highest BCUT2D eigenvalue weighted by Gasteiger charge is 2.27. The van der Waals surface area contributed by atoms with Crippen molar-refractivity contribution >= 4 is 12.3 Å². The number of hydrogen-bond donors (Lipinski definition) is 1. The van der Waals surface area contributed by atoms with E-state index in [-0.39, 0.29) is 0 Å². The molecule has 5 nitrogen and oxygen atoms in total. The second-order valence-corrected chi connectivity index (χ2v) is 8.66. The molecule has 1 unspecified atom stereocenters. The van der Waals surface area contributed by atoms with Crippen LogP contribution in [0.15, 0.2) is 29.3 Å². The van der Waals surface area contributed by atoms with Crippen LogP contribution in [0.25, 0.3) is 0 Å². The molecule has 0 aromatic heterocycles. The van der Waals surface area contributed by atoms with E-state index in [1.165, 1.54) is 6.21 Å². The molecule has 0 saturated carbocycles. The van der Waals surface area contributed by atoms with Crippen LogP contribution >= 0.6 is 0 Å². The molecule has 0 aliphatic rings. The van der Waals surface area contributed by atoms with Gasteiger partial charge in [0.25, 0.3) is 0 Å². The monoisotopic (exact) mass is 377 g/mol. The summed E-state index contributed by atoms with van der Waals surface area (Å²) in [7, 11) is 0. The van der Waals surface area contributed by atoms with Gasteiger partial charge in [0.05, 0.1) is 12.2 Å². The van der Waals surface area contributed by atoms with Crippen molar-refractivity contribution in [2.45, 2.75) is 78.4 Å². The van der Waals surface area contributed by atoms with Gasteiger partial charge in [0.2, 0.25) is 0 Å². The van der Waals surface area contributed by atoms with Crippen LogP contribution in [0.2, 0.25) is 0 Å². The van der Waals surface area contributed by atoms with Crippen molar-refractivity contribution in [2.24, 2.45) is 10.9 Å². The van der Waals surface area contributed by atoms with Crippen molar-refractivity contribution < 1.29 is 19.4 Å². The van der Waals surface area contributed by atoms with E-state index >= 15 is 0 Å². The Morgan fingerprint density at radius 1 is 1.19 bits per heavy atom. The summed E-state index contributed by atoms with van der Waals surface area (Å²) in [6.45, 7) is 13.8. The zero-order valence-electron chi connectivity index (χ0n) is 17.8. The molecule has 0 fully saturated rings. The molecule has 2 atom stereocenters. The molecule has 5 heteroatoms. The van der Waals surface area contributed by atoms with E-state index in [9.17, 15) is 9.90 Å². The van der Waals surface area contributed by atoms with E-state index in [2.05, 4.69) is 18.8 Å². The van der Waals surface area contributed by atoms with Gasteiger partial charge in [-0.05, 0) is 64.7 Å². The second-order valence-electron chi connectivity index (χ2n) is 8.66. The minimum Gasteiger partial charge on any atom is -0.493 e. The molecular weight excluding hydrogens is 342 g/mol. The van der Waals surface area contributed by atoms with Gasteiger partial charge in [-0.2, -0.15) is 4.99 Å². The first-order chi connectivity index (χ1) is 12.4. The highest BCUT2D eigenvalue weighted by molar-refractivity contribution is 5.83. The highest BCUT2D eigenvalue weighted by atomic mass is 16.6. The van der Waals surface area contributed by atoms with Gasteiger partial charge in [0, 0.05) is 12.1 Å². The van der Waals surface area contributed by atoms with E-state index in [1.54, 1.807) is 34.6 Å². The summed E-state index contributed by atoms with van der Waals surface area (Å²) in [4.78, 5) is 15.7. The van der Waals surface area contributed by atoms with Gasteiger partial charge in [0.1, 0.15) is 11.4 Å². The summed E-state index contributed by atoms with van der Waals surface area (Å²) in [5.74, 6) is 0.859. The van der Waals surface area contributed by atoms with Crippen molar-refractivity contribution in [3.05, 3.63) is 29.8 Å². The number of nitrogens with zero attached hydrogens (tertiary/aromatic N) is 1. The Hall–Kier alpha value is -1.88. The fraction of sp³-hybridized carbons (Fsp3) is 0.636. The molecule has 0 bridgehead atoms. The average Bonchev–Trinajstić information content (AvgIpc) is 2.51. The standard InChI is InChI=1S/C22H35NO4/c1-8-9-16(2)15-26-18-12-10-17(11-13-18)19(22(6,7)25)14-23-20(24)27-21(3,4)5/h10-14,16,19,25H,8-9,15H2,1-7H3/b23-14+/t16-,19?/m1/s1. The lowest BCUT2D eigenvalue weighted by molar-refractivity contribution is 0.0598. The Labute approximate surface area is 163 Å². The van der Waals surface area contributed by atoms with E-state index in [0.29, 0.717) is 12.5 Å². The molecule has 0 spiro atoms. The van der Waals surface area contributed by atoms with Crippen molar-refractivity contribution in [3.8, 4) is 5.75 Å². The van der Waals surface area contributed by atoms with Crippen molar-refractivity contribution in [1.29, 1.82) is 0 Å². The first-order valence-corrected chi connectivity index (χ1v) is 9.64. The maximum atomic E-state index is 11.9. The lowest BCUT2D eigenvalue weighted by atomic mass is 9.85. The molecule has 0 heterocycles. The number of aliphatic hydroxyl groups is 1. The zero-order chi connectivity index (χ0) is 20.7. The summed E-state index contributed by atoms with van der Waals surface area (Å²) >= 11 is 0. The van der Waals surface area contributed by atoms with Crippen LogP contribution in [-0.2, 0) is 4.74 Å². The van der Waals surface area contributed by atoms with Crippen LogP contribution < -0.4 is 4.74 Å². The van der Waals surface area contributed by atoms with E-state index in [0.717, 1.165) is 24.2 Å². The molecule has 1 aromatic carbocycles. The molecule has 0 radical (unpaired) electrons. The average molecular weight is 378 g/mol. The van der Waals surface area contributed by atoms with Crippen LogP contribution in [-0.4, -0.2) is 35.2 Å². The maximum Gasteiger partial charge on any atom is 0.433 e. The molecule has 0 aliphatic heterocycles. The molecule has 1 rings (SSSR count). The van der Waals surface area contributed by atoms with Crippen LogP contribution in [0.1, 0.15) is 72.8 Å². The fourth-order valence-corrected chi connectivity index (χ4v) is 2.69. The van der Waals surface area contributed by atoms with Gasteiger partial charge in [0.15, 0.2) is 0 Å². The summed E-state index contributed by atoms with van der Waals surface area (Å²) in [6, 6.07) is 7.55. The molecule has 1 N–H and O–H groups in total. The van der Waals surface area contributed by atoms with Gasteiger partial charge in [-0.3, -0.25) is 0 Å². The molecule has 27 heavy (non-hydrogen) atoms. The number of benzene rings is 1. The van der Waals surface area contributed by atoms with Gasteiger partial charge in [-0.15, -0.1) is 0 Å². The summed E-state index contributed by atoms with van der Waals surface area (Å²) in [5.41, 5.74) is -0.834. The number of carbonyl (C=O) groups is 1. The molecule has 152 valence electrons. The van der Waals surface area contributed by atoms with E-state index in [4.69, 9.17) is 9.47 Å². The maximum absolute atomic E-state index is 11.9. The number of amides is 1. The number of aliphatic imine (C=N–C) groups is 1. The number of hydrogen-bond acceptors (Lipinski definition) is 4. The first kappa shape index (κ1) is 23.2. The number of carbonyl (C=O) groups excluding carboxylic acids is 1. The van der Waals surface area contributed by atoms with Crippen molar-refractivity contribution in [1.82, 2.24) is 0 Å². The molecular formula is C22H35NO4. The lowest BCUT2D eigenvalue weighted by Crippen LogP contribution is -2.30. The van der Waals surface area contributed by atoms with Gasteiger partial charge in [-0.1, -0.05) is 32.4 Å². The minimum absolute atomic E-state index is 0.446. The summed E-state index contributed by atoms with van der Waals surface area (Å²) in [5, 5.41) is 10.5. The third kappa shape index (κ3) is 9.05. The van der Waals surface area contributed by atoms with Crippen LogP contribution in [0.4, 0.5) is 4.79 Å². The van der Waals surface area contributed by atoms with Gasteiger partial charge in [-0.25, -0.2) is 4.79 Å². The molecule has 0 saturated heterocycles. The Balaban J connectivity index is 2.85. The Morgan fingerprint density at radius 3 is 2.26 bits per heavy atom. The fourth-order valence-electron chi connectivity index (χ4n) is 2.69. The van der Waals surface area contributed by atoms with E-state index < -0.39 is 23.2 Å². The number of ether oxygens (including phenoxy) is 2. The van der Waals surface area contributed by atoms with E-state index in [1.807, 2.05) is 24.3 Å². The third-order valence-corrected chi connectivity index (χ3v) is 4.04. The van der Waals surface area contributed by atoms with Crippen molar-refractivity contribution in [2.75, 3.05) is 6.61 Å². The lowest BCUT2D eigenvalue weighted by Gasteiger charge is -2.26. The Bertz CT molecular complexity index is 609. The Morgan fingerprint density at radius 2 is 1.78 bits per heavy atom. The summed E-state index contributed by atoms with van der Waals surface area (Å²) in [6.07, 6.45) is 3.07. The van der Waals surface area contributed by atoms with Crippen molar-refractivity contribution in [3.63, 3.8) is 0 Å². The molecule has 0 aliphatic carbocycles. The summed E-state index contributed by atoms with van der Waals surface area (Å²) < 4.78 is 11.0. The van der Waals surface area contributed by atoms with Crippen LogP contribution in [0.3, 0.4) is 0 Å². The first-order valence-electron chi connectivity index (χ1n) is 9.64. The number of rotatable bonds is 8. The molecule has 1 aromatic rings. The van der Waals surface area contributed by atoms with Gasteiger partial charge < -0.3 is 14.6 Å². The largest absolute Gasteiger partial charge is 0.493 e.